The van der Waals surface area contributed by atoms with Crippen LogP contribution in [0, 0.1) is 5.92 Å². The Morgan fingerprint density at radius 2 is 1.50 bits per heavy atom. The smallest absolute Gasteiger partial charge is 0.255 e. The van der Waals surface area contributed by atoms with Crippen LogP contribution in [0.1, 0.15) is 63.6 Å². The summed E-state index contributed by atoms with van der Waals surface area (Å²) in [6.45, 7) is 12.1. The minimum Gasteiger partial charge on any atom is -0.388 e. The number of nitrogens with zero attached hydrogens (tertiary/aromatic N) is 1. The Bertz CT molecular complexity index is 711. The van der Waals surface area contributed by atoms with Crippen LogP contribution in [0.15, 0.2) is 36.4 Å². The molecule has 0 unspecified atom stereocenters. The lowest BCUT2D eigenvalue weighted by atomic mass is 9.90. The van der Waals surface area contributed by atoms with Crippen molar-refractivity contribution in [1.82, 2.24) is 4.90 Å². The van der Waals surface area contributed by atoms with Gasteiger partial charge in [0.15, 0.2) is 0 Å². The molecule has 0 saturated heterocycles. The van der Waals surface area contributed by atoms with E-state index in [-0.39, 0.29) is 23.9 Å². The highest BCUT2D eigenvalue weighted by Crippen LogP contribution is 2.32. The number of benzene rings is 2. The number of hydrogen-bond donors (Lipinski definition) is 1. The molecular formula is C21H29NO2. The molecule has 3 heteroatoms. The lowest BCUT2D eigenvalue weighted by Crippen LogP contribution is -2.42. The summed E-state index contributed by atoms with van der Waals surface area (Å²) in [4.78, 5) is 15.3. The summed E-state index contributed by atoms with van der Waals surface area (Å²) in [5.74, 6) is 0.0377. The normalized spacial score (nSPS) is 13.1. The Morgan fingerprint density at radius 3 is 2.04 bits per heavy atom. The molecule has 0 fully saturated rings. The summed E-state index contributed by atoms with van der Waals surface area (Å²) in [6.07, 6.45) is -0.658. The third kappa shape index (κ3) is 3.46. The van der Waals surface area contributed by atoms with Crippen LogP contribution in [0.2, 0.25) is 0 Å². The van der Waals surface area contributed by atoms with Crippen LogP contribution in [0.3, 0.4) is 0 Å². The molecule has 0 aliphatic rings. The van der Waals surface area contributed by atoms with E-state index in [2.05, 4.69) is 0 Å². The maximum Gasteiger partial charge on any atom is 0.255 e. The third-order valence-electron chi connectivity index (χ3n) is 4.47. The first-order valence-corrected chi connectivity index (χ1v) is 8.78. The lowest BCUT2D eigenvalue weighted by Gasteiger charge is -2.32. The molecule has 2 aromatic carbocycles. The molecule has 0 bridgehead atoms. The van der Waals surface area contributed by atoms with E-state index in [0.717, 1.165) is 16.3 Å². The van der Waals surface area contributed by atoms with E-state index >= 15 is 0 Å². The van der Waals surface area contributed by atoms with Gasteiger partial charge in [-0.3, -0.25) is 4.79 Å². The number of carbonyl (C=O) groups excluding carboxylic acids is 1. The van der Waals surface area contributed by atoms with Crippen LogP contribution in [0.5, 0.6) is 0 Å². The minimum atomic E-state index is -0.658. The van der Waals surface area contributed by atoms with Gasteiger partial charge in [-0.05, 0) is 49.9 Å². The van der Waals surface area contributed by atoms with E-state index in [9.17, 15) is 9.90 Å². The molecule has 0 radical (unpaired) electrons. The Balaban J connectivity index is 2.73. The largest absolute Gasteiger partial charge is 0.388 e. The molecule has 3 nitrogen and oxygen atoms in total. The van der Waals surface area contributed by atoms with Gasteiger partial charge in [-0.2, -0.15) is 0 Å². The molecule has 0 heterocycles. The van der Waals surface area contributed by atoms with E-state index in [4.69, 9.17) is 0 Å². The molecule has 0 aliphatic heterocycles. The summed E-state index contributed by atoms with van der Waals surface area (Å²) in [6, 6.07) is 12.0. The molecule has 1 N–H and O–H groups in total. The van der Waals surface area contributed by atoms with Crippen LogP contribution < -0.4 is 0 Å². The number of aliphatic hydroxyl groups excluding tert-OH is 1. The van der Waals surface area contributed by atoms with Crippen molar-refractivity contribution in [3.05, 3.63) is 47.5 Å². The highest BCUT2D eigenvalue weighted by Gasteiger charge is 2.28. The Morgan fingerprint density at radius 1 is 0.917 bits per heavy atom. The summed E-state index contributed by atoms with van der Waals surface area (Å²) in [5, 5.41) is 12.6. The summed E-state index contributed by atoms with van der Waals surface area (Å²) >= 11 is 0. The maximum absolute atomic E-state index is 13.4. The van der Waals surface area contributed by atoms with Crippen molar-refractivity contribution in [2.24, 2.45) is 5.92 Å². The van der Waals surface area contributed by atoms with Crippen molar-refractivity contribution in [3.8, 4) is 0 Å². The first-order valence-electron chi connectivity index (χ1n) is 8.78. The quantitative estimate of drug-likeness (QED) is 0.858. The molecule has 0 aromatic heterocycles. The molecule has 24 heavy (non-hydrogen) atoms. The molecule has 2 rings (SSSR count). The number of rotatable bonds is 5. The highest BCUT2D eigenvalue weighted by molar-refractivity contribution is 6.08. The van der Waals surface area contributed by atoms with E-state index < -0.39 is 6.10 Å². The average molecular weight is 327 g/mol. The second-order valence-corrected chi connectivity index (χ2v) is 7.34. The van der Waals surface area contributed by atoms with E-state index in [0.29, 0.717) is 5.56 Å². The molecule has 0 spiro atoms. The van der Waals surface area contributed by atoms with Crippen molar-refractivity contribution in [1.29, 1.82) is 0 Å². The number of fused-ring (bicyclic) bond motifs is 1. The molecule has 1 amide bonds. The SMILES string of the molecule is CC(C)[C@H](O)c1ccc2ccccc2c1C(=O)N(C(C)C)C(C)C. The fourth-order valence-electron chi connectivity index (χ4n) is 3.33. The van der Waals surface area contributed by atoms with Crippen molar-refractivity contribution >= 4 is 16.7 Å². The zero-order valence-corrected chi connectivity index (χ0v) is 15.6. The molecule has 1 atom stereocenters. The second-order valence-electron chi connectivity index (χ2n) is 7.34. The standard InChI is InChI=1S/C21H29NO2/c1-13(2)20(23)18-12-11-16-9-7-8-10-17(16)19(18)21(24)22(14(3)4)15(5)6/h7-15,20,23H,1-6H3/t20-/m0/s1. The van der Waals surface area contributed by atoms with Crippen molar-refractivity contribution < 1.29 is 9.90 Å². The number of aliphatic hydroxyl groups is 1. The molecular weight excluding hydrogens is 298 g/mol. The van der Waals surface area contributed by atoms with Gasteiger partial charge in [0.1, 0.15) is 0 Å². The Hall–Kier alpha value is -1.87. The van der Waals surface area contributed by atoms with Gasteiger partial charge in [0.05, 0.1) is 11.7 Å². The first-order chi connectivity index (χ1) is 11.3. The Labute approximate surface area is 145 Å². The highest BCUT2D eigenvalue weighted by atomic mass is 16.3. The molecule has 130 valence electrons. The minimum absolute atomic E-state index is 0.00787. The number of hydrogen-bond acceptors (Lipinski definition) is 2. The zero-order valence-electron chi connectivity index (χ0n) is 15.6. The Kier molecular flexibility index (Phi) is 5.66. The molecule has 2 aromatic rings. The summed E-state index contributed by atoms with van der Waals surface area (Å²) in [7, 11) is 0. The third-order valence-corrected chi connectivity index (χ3v) is 4.47. The summed E-state index contributed by atoms with van der Waals surface area (Å²) < 4.78 is 0. The van der Waals surface area contributed by atoms with Crippen LogP contribution in [-0.2, 0) is 0 Å². The van der Waals surface area contributed by atoms with Crippen molar-refractivity contribution in [2.75, 3.05) is 0 Å². The van der Waals surface area contributed by atoms with E-state index in [1.54, 1.807) is 0 Å². The number of carbonyl (C=O) groups is 1. The predicted molar refractivity (Wildman–Crippen MR) is 100 cm³/mol. The van der Waals surface area contributed by atoms with Gasteiger partial charge in [-0.25, -0.2) is 0 Å². The number of amides is 1. The fourth-order valence-corrected chi connectivity index (χ4v) is 3.33. The topological polar surface area (TPSA) is 40.5 Å². The molecule has 0 saturated carbocycles. The van der Waals surface area contributed by atoms with Gasteiger partial charge >= 0.3 is 0 Å². The monoisotopic (exact) mass is 327 g/mol. The zero-order chi connectivity index (χ0) is 18.0. The van der Waals surface area contributed by atoms with Crippen molar-refractivity contribution in [2.45, 2.75) is 59.7 Å². The van der Waals surface area contributed by atoms with E-state index in [1.165, 1.54) is 0 Å². The fraction of sp³-hybridized carbons (Fsp3) is 0.476. The first kappa shape index (κ1) is 18.5. The van der Waals surface area contributed by atoms with Crippen LogP contribution in [0.4, 0.5) is 0 Å². The maximum atomic E-state index is 13.4. The van der Waals surface area contributed by atoms with Crippen LogP contribution >= 0.6 is 0 Å². The lowest BCUT2D eigenvalue weighted by molar-refractivity contribution is 0.0633. The van der Waals surface area contributed by atoms with Gasteiger partial charge in [-0.15, -0.1) is 0 Å². The predicted octanol–water partition coefficient (Wildman–Crippen LogP) is 4.79. The van der Waals surface area contributed by atoms with E-state index in [1.807, 2.05) is 82.8 Å². The van der Waals surface area contributed by atoms with Gasteiger partial charge in [0.25, 0.3) is 5.91 Å². The van der Waals surface area contributed by atoms with Gasteiger partial charge < -0.3 is 10.0 Å². The van der Waals surface area contributed by atoms with Crippen LogP contribution in [-0.4, -0.2) is 28.0 Å². The molecule has 0 aliphatic carbocycles. The van der Waals surface area contributed by atoms with Gasteiger partial charge in [-0.1, -0.05) is 50.2 Å². The van der Waals surface area contributed by atoms with Gasteiger partial charge in [0, 0.05) is 12.1 Å². The average Bonchev–Trinajstić information content (AvgIpc) is 2.52. The second kappa shape index (κ2) is 7.35. The van der Waals surface area contributed by atoms with Crippen molar-refractivity contribution in [3.63, 3.8) is 0 Å². The van der Waals surface area contributed by atoms with Crippen LogP contribution in [0.25, 0.3) is 10.8 Å². The summed E-state index contributed by atoms with van der Waals surface area (Å²) in [5.41, 5.74) is 1.36. The van der Waals surface area contributed by atoms with Gasteiger partial charge in [0.2, 0.25) is 0 Å².